The fourth-order valence-corrected chi connectivity index (χ4v) is 15.1. The van der Waals surface area contributed by atoms with Crippen LogP contribution in [0.3, 0.4) is 0 Å². The van der Waals surface area contributed by atoms with Crippen LogP contribution in [-0.4, -0.2) is 62.0 Å². The predicted octanol–water partition coefficient (Wildman–Crippen LogP) is 9.02. The average molecular weight is 810 g/mol. The van der Waals surface area contributed by atoms with Gasteiger partial charge in [-0.15, -0.1) is 10.3 Å². The van der Waals surface area contributed by atoms with Crippen LogP contribution in [-0.2, 0) is 26.0 Å². The van der Waals surface area contributed by atoms with Crippen molar-refractivity contribution in [2.45, 2.75) is 182 Å². The van der Waals surface area contributed by atoms with E-state index in [9.17, 15) is 24.7 Å². The maximum Gasteiger partial charge on any atom is 0.243 e. The molecule has 1 aliphatic heterocycles. The molecule has 2 amide bonds. The van der Waals surface area contributed by atoms with Crippen molar-refractivity contribution in [1.82, 2.24) is 20.7 Å². The van der Waals surface area contributed by atoms with E-state index in [1.807, 2.05) is 58.2 Å². The third kappa shape index (κ3) is 6.43. The van der Waals surface area contributed by atoms with Crippen LogP contribution in [0, 0.1) is 50.2 Å². The Balaban J connectivity index is 1.09. The number of ketones is 1. The molecule has 2 aromatic rings. The molecular weight excluding hydrogens is 737 g/mol. The minimum absolute atomic E-state index is 0.0243. The lowest BCUT2D eigenvalue weighted by Crippen LogP contribution is -2.66. The minimum atomic E-state index is -0.815. The number of aliphatic hydroxyl groups is 1. The van der Waals surface area contributed by atoms with E-state index in [0.29, 0.717) is 32.1 Å². The summed E-state index contributed by atoms with van der Waals surface area (Å²) in [6, 6.07) is 7.01. The van der Waals surface area contributed by atoms with E-state index >= 15 is 0 Å². The van der Waals surface area contributed by atoms with Gasteiger partial charge in [0.2, 0.25) is 11.8 Å². The number of para-hydroxylation sites is 1. The second kappa shape index (κ2) is 13.7. The van der Waals surface area contributed by atoms with Gasteiger partial charge in [0.25, 0.3) is 0 Å². The van der Waals surface area contributed by atoms with E-state index in [0.717, 1.165) is 61.4 Å². The zero-order chi connectivity index (χ0) is 42.9. The van der Waals surface area contributed by atoms with Crippen LogP contribution < -0.4 is 10.6 Å². The molecule has 323 valence electrons. The van der Waals surface area contributed by atoms with E-state index in [-0.39, 0.29) is 74.6 Å². The second-order valence-corrected chi connectivity index (χ2v) is 23.8. The molecule has 8 rings (SSSR count). The fourth-order valence-electron chi connectivity index (χ4n) is 15.1. The average Bonchev–Trinajstić information content (AvgIpc) is 3.56. The molecule has 10 atom stereocenters. The molecule has 1 aromatic heterocycles. The van der Waals surface area contributed by atoms with Gasteiger partial charge in [0.15, 0.2) is 5.78 Å². The zero-order valence-corrected chi connectivity index (χ0v) is 37.9. The van der Waals surface area contributed by atoms with Crippen molar-refractivity contribution in [3.8, 4) is 0 Å². The number of carbonyl (C=O) groups is 3. The van der Waals surface area contributed by atoms with Gasteiger partial charge in [-0.25, -0.2) is 0 Å². The normalized spacial score (nSPS) is 40.8. The number of aliphatic hydroxyl groups excluding tert-OH is 1. The molecule has 6 aliphatic rings. The number of rotatable bonds is 6. The smallest absolute Gasteiger partial charge is 0.243 e. The quantitative estimate of drug-likeness (QED) is 0.231. The van der Waals surface area contributed by atoms with Crippen LogP contribution in [0.4, 0.5) is 0 Å². The van der Waals surface area contributed by atoms with E-state index in [2.05, 4.69) is 70.2 Å². The fraction of sp³-hybridized carbons (Fsp3) is 0.740. The first-order chi connectivity index (χ1) is 27.3. The molecule has 5 fully saturated rings. The SMILES string of the molecule is CC1(C)[C@@H](O)CC[C@]2(C)[C@H]3C(=O)C=C4[C@@H]5C[C@@](C)(C(=O)N[C@@H](Cc6c[nH]c7ccccc67)C(=O)NC6CC(C)(C)N([O])C(C)(C)C6)CC[C@]5(C)CC[C@@]4(C)[C@]3(C)CC[C@@H]12. The third-order valence-corrected chi connectivity index (χ3v) is 18.8. The van der Waals surface area contributed by atoms with Crippen molar-refractivity contribution >= 4 is 28.5 Å². The van der Waals surface area contributed by atoms with E-state index in [4.69, 9.17) is 0 Å². The molecule has 9 nitrogen and oxygen atoms in total. The van der Waals surface area contributed by atoms with Gasteiger partial charge in [-0.1, -0.05) is 72.2 Å². The first kappa shape index (κ1) is 42.7. The number of nitrogens with one attached hydrogen (secondary N) is 3. The Morgan fingerprint density at radius 3 is 2.22 bits per heavy atom. The number of hydrogen-bond donors (Lipinski definition) is 4. The van der Waals surface area contributed by atoms with Crippen molar-refractivity contribution in [3.63, 3.8) is 0 Å². The number of H-pyrrole nitrogens is 1. The number of aromatic amines is 1. The number of piperidine rings is 1. The predicted molar refractivity (Wildman–Crippen MR) is 231 cm³/mol. The Morgan fingerprint density at radius 1 is 0.864 bits per heavy atom. The molecule has 1 saturated heterocycles. The number of allylic oxidation sites excluding steroid dienone is 2. The lowest BCUT2D eigenvalue weighted by atomic mass is 9.33. The number of hydroxylamine groups is 2. The standard InChI is InChI=1S/C50H73N4O5/c1-43(2)26-31(27-44(3,4)54(43)59)52-41(57)36(24-30-29-51-35-15-13-12-14-32(30)35)53-42(58)47(8)21-20-46(7)22-23-49(10)33(34(46)28-47)25-37(55)40-48(9)18-17-39(56)45(5,6)38(48)16-19-50(40,49)11/h12-15,25,29,31,34,36,38-40,51,56H,16-24,26-28H2,1-11H3,(H,52,57)(H,53,58)/t34-,36-,38-,39-,40+,46+,47-,48-,49+,50+/m0/s1. The van der Waals surface area contributed by atoms with Gasteiger partial charge >= 0.3 is 0 Å². The molecule has 0 spiro atoms. The minimum Gasteiger partial charge on any atom is -0.393 e. The van der Waals surface area contributed by atoms with Gasteiger partial charge in [0.05, 0.1) is 6.10 Å². The van der Waals surface area contributed by atoms with Crippen LogP contribution in [0.25, 0.3) is 10.9 Å². The highest BCUT2D eigenvalue weighted by Gasteiger charge is 2.70. The second-order valence-electron chi connectivity index (χ2n) is 23.8. The monoisotopic (exact) mass is 810 g/mol. The summed E-state index contributed by atoms with van der Waals surface area (Å²) >= 11 is 0. The Labute approximate surface area is 353 Å². The molecule has 5 aliphatic carbocycles. The summed E-state index contributed by atoms with van der Waals surface area (Å²) in [5.74, 6) is 0.176. The third-order valence-electron chi connectivity index (χ3n) is 18.8. The Hall–Kier alpha value is -3.01. The summed E-state index contributed by atoms with van der Waals surface area (Å²) in [4.78, 5) is 47.7. The maximum absolute atomic E-state index is 15.0. The first-order valence-corrected chi connectivity index (χ1v) is 22.9. The number of aromatic nitrogens is 1. The molecule has 2 heterocycles. The van der Waals surface area contributed by atoms with Gasteiger partial charge in [0, 0.05) is 52.0 Å². The summed E-state index contributed by atoms with van der Waals surface area (Å²) in [5, 5.41) is 33.2. The number of carbonyl (C=O) groups excluding carboxylic acids is 3. The number of benzene rings is 1. The number of nitrogens with zero attached hydrogens (tertiary/aromatic N) is 1. The van der Waals surface area contributed by atoms with Crippen molar-refractivity contribution < 1.29 is 24.7 Å². The first-order valence-electron chi connectivity index (χ1n) is 22.9. The van der Waals surface area contributed by atoms with Gasteiger partial charge in [-0.05, 0) is 155 Å². The van der Waals surface area contributed by atoms with Gasteiger partial charge < -0.3 is 20.7 Å². The van der Waals surface area contributed by atoms with Crippen molar-refractivity contribution in [1.29, 1.82) is 0 Å². The van der Waals surface area contributed by atoms with Gasteiger partial charge in [-0.3, -0.25) is 14.4 Å². The molecule has 9 heteroatoms. The Kier molecular flexibility index (Phi) is 9.94. The lowest BCUT2D eigenvalue weighted by Gasteiger charge is -2.70. The molecule has 0 bridgehead atoms. The van der Waals surface area contributed by atoms with Crippen LogP contribution >= 0.6 is 0 Å². The van der Waals surface area contributed by atoms with Crippen molar-refractivity contribution in [3.05, 3.63) is 47.7 Å². The molecule has 4 N–H and O–H groups in total. The van der Waals surface area contributed by atoms with Crippen LogP contribution in [0.5, 0.6) is 0 Å². The number of hydrogen-bond acceptors (Lipinski definition) is 5. The largest absolute Gasteiger partial charge is 0.393 e. The molecule has 1 aromatic carbocycles. The van der Waals surface area contributed by atoms with E-state index in [1.54, 1.807) is 0 Å². The lowest BCUT2D eigenvalue weighted by molar-refractivity contribution is -0.290. The van der Waals surface area contributed by atoms with Crippen molar-refractivity contribution in [2.24, 2.45) is 50.2 Å². The molecule has 1 radical (unpaired) electrons. The Morgan fingerprint density at radius 2 is 1.53 bits per heavy atom. The summed E-state index contributed by atoms with van der Waals surface area (Å²) in [6.07, 6.45) is 12.9. The van der Waals surface area contributed by atoms with Crippen LogP contribution in [0.2, 0.25) is 0 Å². The van der Waals surface area contributed by atoms with E-state index < -0.39 is 22.5 Å². The van der Waals surface area contributed by atoms with Crippen molar-refractivity contribution in [2.75, 3.05) is 0 Å². The van der Waals surface area contributed by atoms with Gasteiger partial charge in [0.1, 0.15) is 6.04 Å². The van der Waals surface area contributed by atoms with Gasteiger partial charge in [-0.2, -0.15) is 0 Å². The maximum atomic E-state index is 15.0. The summed E-state index contributed by atoms with van der Waals surface area (Å²) in [7, 11) is 0. The molecular formula is C50H73N4O5. The van der Waals surface area contributed by atoms with E-state index in [1.165, 1.54) is 10.6 Å². The molecule has 4 saturated carbocycles. The highest BCUT2D eigenvalue weighted by molar-refractivity contribution is 5.96. The number of fused-ring (bicyclic) bond motifs is 8. The Bertz CT molecular complexity index is 2050. The summed E-state index contributed by atoms with van der Waals surface area (Å²) in [5.41, 5.74) is 0.318. The van der Waals surface area contributed by atoms with Crippen LogP contribution in [0.15, 0.2) is 42.1 Å². The molecule has 0 unspecified atom stereocenters. The summed E-state index contributed by atoms with van der Waals surface area (Å²) < 4.78 is 0. The summed E-state index contributed by atoms with van der Waals surface area (Å²) in [6.45, 7) is 23.9. The zero-order valence-electron chi connectivity index (χ0n) is 37.9. The van der Waals surface area contributed by atoms with Crippen LogP contribution in [0.1, 0.15) is 152 Å². The highest BCUT2D eigenvalue weighted by Crippen LogP contribution is 2.75. The topological polar surface area (TPSA) is 134 Å². The molecule has 59 heavy (non-hydrogen) atoms. The highest BCUT2D eigenvalue weighted by atomic mass is 16.5. The number of amides is 2.